The Labute approximate surface area is 51.8 Å². The third kappa shape index (κ3) is 0.717. The fourth-order valence-corrected chi connectivity index (χ4v) is 0.559. The highest BCUT2D eigenvalue weighted by atomic mass is 32.1. The summed E-state index contributed by atoms with van der Waals surface area (Å²) in [4.78, 5) is 1.73. The number of nitrogens with two attached hydrogens (primary N) is 2. The molecule has 4 N–H and O–H groups in total. The van der Waals surface area contributed by atoms with Gasteiger partial charge in [0.25, 0.3) is 0 Å². The van der Waals surface area contributed by atoms with Gasteiger partial charge in [0.1, 0.15) is 0 Å². The highest BCUT2D eigenvalue weighted by molar-refractivity contribution is 7.80. The van der Waals surface area contributed by atoms with Gasteiger partial charge in [-0.1, -0.05) is 0 Å². The van der Waals surface area contributed by atoms with Crippen LogP contribution in [0.25, 0.3) is 0 Å². The van der Waals surface area contributed by atoms with Gasteiger partial charge in [0.15, 0.2) is 5.82 Å². The molecule has 0 spiro atoms. The van der Waals surface area contributed by atoms with Crippen molar-refractivity contribution in [2.75, 3.05) is 11.6 Å². The summed E-state index contributed by atoms with van der Waals surface area (Å²) in [5.41, 5.74) is 5.25. The Balaban J connectivity index is 3.14. The van der Waals surface area contributed by atoms with Gasteiger partial charge in [0, 0.05) is 0 Å². The molecular weight excluding hydrogens is 124 g/mol. The zero-order valence-electron chi connectivity index (χ0n) is 4.07. The molecule has 0 radical (unpaired) electrons. The lowest BCUT2D eigenvalue weighted by atomic mass is 10.7. The SMILES string of the molecule is Nc1nn(N)cc1S. The molecule has 0 fully saturated rings. The molecule has 0 unspecified atom stereocenters. The average Bonchev–Trinajstić information content (AvgIpc) is 1.85. The molecule has 1 aromatic heterocycles. The van der Waals surface area contributed by atoms with Gasteiger partial charge in [-0.15, -0.1) is 17.7 Å². The molecule has 8 heavy (non-hydrogen) atoms. The highest BCUT2D eigenvalue weighted by Gasteiger charge is 1.95. The Morgan fingerprint density at radius 2 is 2.38 bits per heavy atom. The van der Waals surface area contributed by atoms with E-state index < -0.39 is 0 Å². The predicted octanol–water partition coefficient (Wildman–Crippen LogP) is -0.532. The van der Waals surface area contributed by atoms with Gasteiger partial charge in [-0.25, -0.2) is 0 Å². The first kappa shape index (κ1) is 5.30. The summed E-state index contributed by atoms with van der Waals surface area (Å²) >= 11 is 3.93. The molecule has 0 aliphatic rings. The molecule has 1 heterocycles. The number of nitrogens with zero attached hydrogens (tertiary/aromatic N) is 2. The van der Waals surface area contributed by atoms with Crippen molar-refractivity contribution in [3.05, 3.63) is 6.20 Å². The summed E-state index contributed by atoms with van der Waals surface area (Å²) < 4.78 is 0. The van der Waals surface area contributed by atoms with Crippen molar-refractivity contribution in [2.24, 2.45) is 0 Å². The third-order valence-electron chi connectivity index (χ3n) is 0.740. The van der Waals surface area contributed by atoms with Crippen LogP contribution in [0.5, 0.6) is 0 Å². The molecule has 0 atom stereocenters. The molecule has 0 aliphatic carbocycles. The minimum Gasteiger partial charge on any atom is -0.381 e. The van der Waals surface area contributed by atoms with Crippen molar-refractivity contribution in [3.63, 3.8) is 0 Å². The first-order valence-electron chi connectivity index (χ1n) is 1.99. The summed E-state index contributed by atoms with van der Waals surface area (Å²) in [6.07, 6.45) is 1.53. The largest absolute Gasteiger partial charge is 0.381 e. The van der Waals surface area contributed by atoms with E-state index in [0.717, 1.165) is 4.79 Å². The smallest absolute Gasteiger partial charge is 0.161 e. The van der Waals surface area contributed by atoms with Gasteiger partial charge in [-0.05, 0) is 0 Å². The average molecular weight is 130 g/mol. The lowest BCUT2D eigenvalue weighted by Crippen LogP contribution is -2.08. The Kier molecular flexibility index (Phi) is 1.05. The van der Waals surface area contributed by atoms with E-state index in [4.69, 9.17) is 11.6 Å². The summed E-state index contributed by atoms with van der Waals surface area (Å²) in [5, 5.41) is 3.61. The van der Waals surface area contributed by atoms with Gasteiger partial charge in [-0.3, -0.25) is 0 Å². The minimum absolute atomic E-state index is 0.357. The maximum Gasteiger partial charge on any atom is 0.161 e. The van der Waals surface area contributed by atoms with Crippen LogP contribution in [-0.2, 0) is 0 Å². The number of aromatic nitrogens is 2. The van der Waals surface area contributed by atoms with Crippen molar-refractivity contribution in [1.82, 2.24) is 9.89 Å². The molecule has 0 amide bonds. The zero-order chi connectivity index (χ0) is 6.15. The van der Waals surface area contributed by atoms with Crippen LogP contribution in [0.3, 0.4) is 0 Å². The Morgan fingerprint density at radius 1 is 1.75 bits per heavy atom. The Bertz CT molecular complexity index is 174. The van der Waals surface area contributed by atoms with Crippen molar-refractivity contribution in [3.8, 4) is 0 Å². The maximum atomic E-state index is 5.25. The Morgan fingerprint density at radius 3 is 2.50 bits per heavy atom. The summed E-state index contributed by atoms with van der Waals surface area (Å²) in [7, 11) is 0. The van der Waals surface area contributed by atoms with Crippen molar-refractivity contribution >= 4 is 18.4 Å². The molecule has 1 aromatic rings. The molecule has 0 bridgehead atoms. The molecule has 1 rings (SSSR count). The monoisotopic (exact) mass is 130 g/mol. The van der Waals surface area contributed by atoms with E-state index in [1.807, 2.05) is 0 Å². The zero-order valence-corrected chi connectivity index (χ0v) is 4.97. The second-order valence-electron chi connectivity index (χ2n) is 1.38. The van der Waals surface area contributed by atoms with E-state index in [2.05, 4.69) is 17.7 Å². The molecule has 0 saturated carbocycles. The standard InChI is InChI=1S/C3H6N4S/c4-3-2(8)1-7(5)6-3/h1,8H,5H2,(H2,4,6). The van der Waals surface area contributed by atoms with E-state index in [-0.39, 0.29) is 0 Å². The van der Waals surface area contributed by atoms with E-state index >= 15 is 0 Å². The lowest BCUT2D eigenvalue weighted by Gasteiger charge is -1.80. The molecular formula is C3H6N4S. The van der Waals surface area contributed by atoms with Crippen molar-refractivity contribution in [2.45, 2.75) is 4.90 Å². The maximum absolute atomic E-state index is 5.25. The fraction of sp³-hybridized carbons (Fsp3) is 0. The number of rotatable bonds is 0. The predicted molar refractivity (Wildman–Crippen MR) is 34.0 cm³/mol. The number of nitrogen functional groups attached to an aromatic ring is 2. The van der Waals surface area contributed by atoms with Gasteiger partial charge >= 0.3 is 0 Å². The van der Waals surface area contributed by atoms with Crippen LogP contribution < -0.4 is 11.6 Å². The van der Waals surface area contributed by atoms with Gasteiger partial charge in [-0.2, -0.15) is 4.79 Å². The Hall–Kier alpha value is -0.840. The van der Waals surface area contributed by atoms with Crippen LogP contribution in [0.4, 0.5) is 5.82 Å². The van der Waals surface area contributed by atoms with E-state index in [9.17, 15) is 0 Å². The van der Waals surface area contributed by atoms with E-state index in [1.54, 1.807) is 0 Å². The quantitative estimate of drug-likeness (QED) is 0.326. The lowest BCUT2D eigenvalue weighted by molar-refractivity contribution is 0.836. The van der Waals surface area contributed by atoms with Gasteiger partial charge in [0.05, 0.1) is 11.1 Å². The molecule has 5 heteroatoms. The molecule has 4 nitrogen and oxygen atoms in total. The molecule has 0 saturated heterocycles. The van der Waals surface area contributed by atoms with Crippen LogP contribution in [0.15, 0.2) is 11.1 Å². The normalized spacial score (nSPS) is 9.62. The van der Waals surface area contributed by atoms with Crippen LogP contribution in [0.1, 0.15) is 0 Å². The van der Waals surface area contributed by atoms with E-state index in [1.165, 1.54) is 6.20 Å². The topological polar surface area (TPSA) is 69.9 Å². The minimum atomic E-state index is 0.357. The second-order valence-corrected chi connectivity index (χ2v) is 1.86. The van der Waals surface area contributed by atoms with Crippen LogP contribution in [0.2, 0.25) is 0 Å². The fourth-order valence-electron chi connectivity index (χ4n) is 0.396. The summed E-state index contributed by atoms with van der Waals surface area (Å²) in [6.45, 7) is 0. The van der Waals surface area contributed by atoms with Gasteiger partial charge in [0.2, 0.25) is 0 Å². The van der Waals surface area contributed by atoms with Crippen molar-refractivity contribution < 1.29 is 0 Å². The van der Waals surface area contributed by atoms with Crippen LogP contribution in [-0.4, -0.2) is 9.89 Å². The third-order valence-corrected chi connectivity index (χ3v) is 1.08. The number of hydrogen-bond acceptors (Lipinski definition) is 4. The first-order chi connectivity index (χ1) is 3.70. The molecule has 44 valence electrons. The van der Waals surface area contributed by atoms with Crippen molar-refractivity contribution in [1.29, 1.82) is 0 Å². The summed E-state index contributed by atoms with van der Waals surface area (Å²) in [6, 6.07) is 0. The number of thiol groups is 1. The number of anilines is 1. The first-order valence-corrected chi connectivity index (χ1v) is 2.44. The number of hydrogen-bond donors (Lipinski definition) is 3. The second kappa shape index (κ2) is 1.59. The van der Waals surface area contributed by atoms with Gasteiger partial charge < -0.3 is 11.6 Å². The molecule has 0 aromatic carbocycles. The summed E-state index contributed by atoms with van der Waals surface area (Å²) in [5.74, 6) is 5.51. The van der Waals surface area contributed by atoms with Crippen LogP contribution in [0, 0.1) is 0 Å². The highest BCUT2D eigenvalue weighted by Crippen LogP contribution is 2.10. The van der Waals surface area contributed by atoms with Crippen LogP contribution >= 0.6 is 12.6 Å². The van der Waals surface area contributed by atoms with E-state index in [0.29, 0.717) is 10.7 Å². The molecule has 0 aliphatic heterocycles.